The van der Waals surface area contributed by atoms with E-state index >= 15 is 0 Å². The second-order valence-electron chi connectivity index (χ2n) is 9.42. The van der Waals surface area contributed by atoms with Crippen LogP contribution in [0.2, 0.25) is 0 Å². The second kappa shape index (κ2) is 9.05. The van der Waals surface area contributed by atoms with Crippen LogP contribution < -0.4 is 4.90 Å². The van der Waals surface area contributed by atoms with E-state index in [0.29, 0.717) is 57.8 Å². The van der Waals surface area contributed by atoms with Crippen LogP contribution >= 0.6 is 0 Å². The molecule has 3 heterocycles. The number of piperidine rings is 1. The Morgan fingerprint density at radius 2 is 1.68 bits per heavy atom. The number of hydrogen-bond acceptors (Lipinski definition) is 5. The summed E-state index contributed by atoms with van der Waals surface area (Å²) in [6.45, 7) is 4.34. The summed E-state index contributed by atoms with van der Waals surface area (Å²) in [6.07, 6.45) is 2.50. The lowest BCUT2D eigenvalue weighted by molar-refractivity contribution is 0.0650. The molecule has 180 valence electrons. The Morgan fingerprint density at radius 3 is 2.26 bits per heavy atom. The first-order chi connectivity index (χ1) is 16.1. The van der Waals surface area contributed by atoms with Crippen LogP contribution in [0.5, 0.6) is 0 Å². The van der Waals surface area contributed by atoms with E-state index < -0.39 is 17.0 Å². The molecule has 0 unspecified atom stereocenters. The minimum absolute atomic E-state index is 0.00275. The molecule has 0 radical (unpaired) electrons. The summed E-state index contributed by atoms with van der Waals surface area (Å²) in [7, 11) is 3.36. The van der Waals surface area contributed by atoms with E-state index in [1.807, 2.05) is 11.8 Å². The highest BCUT2D eigenvalue weighted by molar-refractivity contribution is 6.07. The van der Waals surface area contributed by atoms with Crippen molar-refractivity contribution in [1.29, 1.82) is 5.26 Å². The van der Waals surface area contributed by atoms with Gasteiger partial charge < -0.3 is 19.6 Å². The van der Waals surface area contributed by atoms with Gasteiger partial charge in [-0.25, -0.2) is 13.6 Å². The number of piperazine rings is 1. The summed E-state index contributed by atoms with van der Waals surface area (Å²) >= 11 is 0. The largest absolute Gasteiger partial charge is 0.370 e. The molecule has 0 saturated carbocycles. The lowest BCUT2D eigenvalue weighted by atomic mass is 9.81. The maximum Gasteiger partial charge on any atom is 0.319 e. The van der Waals surface area contributed by atoms with E-state index in [9.17, 15) is 23.6 Å². The smallest absolute Gasteiger partial charge is 0.319 e. The van der Waals surface area contributed by atoms with Crippen molar-refractivity contribution in [2.75, 3.05) is 58.3 Å². The topological polar surface area (TPSA) is 83.8 Å². The van der Waals surface area contributed by atoms with Crippen LogP contribution in [0.1, 0.15) is 30.1 Å². The van der Waals surface area contributed by atoms with Gasteiger partial charge in [0.1, 0.15) is 11.3 Å². The fourth-order valence-corrected chi connectivity index (χ4v) is 4.60. The molecule has 1 aromatic carbocycles. The molecule has 8 nitrogen and oxygen atoms in total. The van der Waals surface area contributed by atoms with Crippen LogP contribution in [-0.4, -0.2) is 85.0 Å². The number of pyridine rings is 1. The summed E-state index contributed by atoms with van der Waals surface area (Å²) in [4.78, 5) is 36.7. The number of aromatic nitrogens is 1. The van der Waals surface area contributed by atoms with Crippen molar-refractivity contribution in [1.82, 2.24) is 19.7 Å². The molecule has 3 amide bonds. The molecule has 4 rings (SSSR count). The maximum atomic E-state index is 14.5. The number of anilines is 1. The first kappa shape index (κ1) is 23.7. The Labute approximate surface area is 197 Å². The van der Waals surface area contributed by atoms with Gasteiger partial charge in [-0.1, -0.05) is 0 Å². The third-order valence-corrected chi connectivity index (χ3v) is 6.76. The molecule has 2 saturated heterocycles. The quantitative estimate of drug-likeness (QED) is 0.674. The number of carbonyl (C=O) groups is 2. The number of urea groups is 1. The number of nitrogens with zero attached hydrogens (tertiary/aromatic N) is 6. The molecule has 0 atom stereocenters. The van der Waals surface area contributed by atoms with Gasteiger partial charge in [0.15, 0.2) is 5.82 Å². The fraction of sp³-hybridized carbons (Fsp3) is 0.500. The van der Waals surface area contributed by atoms with Crippen LogP contribution in [0.3, 0.4) is 0 Å². The van der Waals surface area contributed by atoms with Crippen LogP contribution in [0.4, 0.5) is 19.3 Å². The minimum Gasteiger partial charge on any atom is -0.370 e. The van der Waals surface area contributed by atoms with Crippen LogP contribution in [0, 0.1) is 28.4 Å². The number of carbonyl (C=O) groups excluding carboxylic acids is 2. The maximum absolute atomic E-state index is 14.5. The van der Waals surface area contributed by atoms with Crippen LogP contribution in [0.25, 0.3) is 10.9 Å². The van der Waals surface area contributed by atoms with Crippen molar-refractivity contribution < 1.29 is 18.4 Å². The van der Waals surface area contributed by atoms with Gasteiger partial charge >= 0.3 is 6.03 Å². The van der Waals surface area contributed by atoms with Gasteiger partial charge in [-0.3, -0.25) is 9.78 Å². The van der Waals surface area contributed by atoms with Gasteiger partial charge in [-0.15, -0.1) is 0 Å². The lowest BCUT2D eigenvalue weighted by Gasteiger charge is -2.39. The van der Waals surface area contributed by atoms with Gasteiger partial charge in [-0.05, 0) is 25.8 Å². The fourth-order valence-electron chi connectivity index (χ4n) is 4.60. The number of fused-ring (bicyclic) bond motifs is 1. The van der Waals surface area contributed by atoms with Crippen LogP contribution in [0.15, 0.2) is 18.3 Å². The molecule has 2 aliphatic rings. The number of rotatable bonds is 2. The summed E-state index contributed by atoms with van der Waals surface area (Å²) in [5, 5.41) is 9.73. The van der Waals surface area contributed by atoms with E-state index in [1.54, 1.807) is 23.9 Å². The molecule has 2 aliphatic heterocycles. The van der Waals surface area contributed by atoms with Gasteiger partial charge in [0, 0.05) is 71.0 Å². The van der Waals surface area contributed by atoms with Gasteiger partial charge in [-0.2, -0.15) is 5.26 Å². The summed E-state index contributed by atoms with van der Waals surface area (Å²) < 4.78 is 28.8. The molecule has 1 aromatic heterocycles. The number of hydrogen-bond donors (Lipinski definition) is 0. The summed E-state index contributed by atoms with van der Waals surface area (Å²) in [5.74, 6) is -1.82. The predicted molar refractivity (Wildman–Crippen MR) is 123 cm³/mol. The van der Waals surface area contributed by atoms with Crippen molar-refractivity contribution in [3.8, 4) is 6.07 Å². The van der Waals surface area contributed by atoms with Crippen molar-refractivity contribution in [3.63, 3.8) is 0 Å². The number of benzene rings is 1. The predicted octanol–water partition coefficient (Wildman–Crippen LogP) is 3.08. The highest BCUT2D eigenvalue weighted by atomic mass is 19.1. The van der Waals surface area contributed by atoms with Crippen molar-refractivity contribution in [2.45, 2.75) is 19.8 Å². The zero-order valence-electron chi connectivity index (χ0n) is 19.6. The Hall–Kier alpha value is -3.48. The van der Waals surface area contributed by atoms with E-state index in [2.05, 4.69) is 11.1 Å². The Bertz CT molecular complexity index is 1160. The van der Waals surface area contributed by atoms with Gasteiger partial charge in [0.05, 0.1) is 22.7 Å². The highest BCUT2D eigenvalue weighted by Crippen LogP contribution is 2.38. The zero-order chi connectivity index (χ0) is 24.6. The average molecular weight is 471 g/mol. The molecule has 0 bridgehead atoms. The number of halogens is 2. The third kappa shape index (κ3) is 4.34. The molecule has 10 heteroatoms. The summed E-state index contributed by atoms with van der Waals surface area (Å²) in [5.41, 5.74) is 0.239. The molecular weight excluding hydrogens is 442 g/mol. The summed E-state index contributed by atoms with van der Waals surface area (Å²) in [6, 6.07) is 4.23. The molecular formula is C24H28F2N6O2. The lowest BCUT2D eigenvalue weighted by Crippen LogP contribution is -2.53. The Balaban J connectivity index is 1.69. The van der Waals surface area contributed by atoms with Crippen LogP contribution in [-0.2, 0) is 0 Å². The second-order valence-corrected chi connectivity index (χ2v) is 9.42. The number of nitriles is 1. The van der Waals surface area contributed by atoms with E-state index in [4.69, 9.17) is 0 Å². The molecule has 2 aromatic rings. The molecule has 0 N–H and O–H groups in total. The minimum atomic E-state index is -0.787. The van der Waals surface area contributed by atoms with E-state index in [1.165, 1.54) is 17.2 Å². The van der Waals surface area contributed by atoms with Crippen molar-refractivity contribution >= 4 is 28.5 Å². The normalized spacial score (nSPS) is 18.1. The molecule has 34 heavy (non-hydrogen) atoms. The molecule has 2 fully saturated rings. The monoisotopic (exact) mass is 470 g/mol. The van der Waals surface area contributed by atoms with Gasteiger partial charge in [0.25, 0.3) is 5.91 Å². The SMILES string of the molecule is CN(C)C(=O)N1CCN(C(=O)c2cnc3c(F)cc(F)cc3c2N2CCC(C)(C#N)CC2)CC1. The number of amides is 3. The zero-order valence-corrected chi connectivity index (χ0v) is 19.6. The molecule has 0 aliphatic carbocycles. The third-order valence-electron chi connectivity index (χ3n) is 6.76. The van der Waals surface area contributed by atoms with Gasteiger partial charge in [0.2, 0.25) is 0 Å². The highest BCUT2D eigenvalue weighted by Gasteiger charge is 2.34. The molecule has 0 spiro atoms. The van der Waals surface area contributed by atoms with E-state index in [0.717, 1.165) is 6.07 Å². The first-order valence-electron chi connectivity index (χ1n) is 11.3. The standard InChI is InChI=1S/C24H28F2N6O2/c1-24(15-27)4-6-30(7-5-24)21-17-12-16(25)13-19(26)20(17)28-14-18(21)22(33)31-8-10-32(11-9-31)23(34)29(2)3/h12-14H,4-11H2,1-3H3. The van der Waals surface area contributed by atoms with E-state index in [-0.39, 0.29) is 28.4 Å². The van der Waals surface area contributed by atoms with Crippen molar-refractivity contribution in [3.05, 3.63) is 35.5 Å². The Kier molecular flexibility index (Phi) is 6.30. The average Bonchev–Trinajstić information content (AvgIpc) is 2.83. The van der Waals surface area contributed by atoms with Crippen molar-refractivity contribution in [2.24, 2.45) is 5.41 Å². The Morgan fingerprint density at radius 1 is 1.06 bits per heavy atom. The first-order valence-corrected chi connectivity index (χ1v) is 11.3.